The Hall–Kier alpha value is 0.123. The molecule has 0 aromatic carbocycles. The van der Waals surface area contributed by atoms with Crippen LogP contribution in [0.1, 0.15) is 13.3 Å². The monoisotopic (exact) mass is 189 g/mol. The largest absolute Gasteiger partial charge is 0.461 e. The zero-order valence-corrected chi connectivity index (χ0v) is 5.74. The van der Waals surface area contributed by atoms with Crippen LogP contribution in [0, 0.1) is 6.54 Å². The summed E-state index contributed by atoms with van der Waals surface area (Å²) in [4.78, 5) is 10.0. The number of carbonyl (C=O) groups excluding carboxylic acids is 1. The number of ketones is 1. The summed E-state index contributed by atoms with van der Waals surface area (Å²) in [5.74, 6) is -0.00463. The Bertz CT molecular complexity index is 49.7. The smallest absolute Gasteiger partial charge is 0.0110 e. The molecule has 0 saturated heterocycles. The number of carbonyl (C=O) groups is 1. The van der Waals surface area contributed by atoms with E-state index in [-0.39, 0.29) is 25.3 Å². The quantitative estimate of drug-likeness (QED) is 0.493. The second-order valence-corrected chi connectivity index (χ2v) is 0.987. The van der Waals surface area contributed by atoms with Crippen LogP contribution in [0.25, 0.3) is 0 Å². The number of Topliss-reactive ketones (excluding diaryl/α,β-unsaturated/α-hetero) is 1. The van der Waals surface area contributed by atoms with Gasteiger partial charge in [-0.1, -0.05) is 6.92 Å². The number of hydrogen-bond acceptors (Lipinski definition) is 2. The van der Waals surface area contributed by atoms with E-state index in [1.54, 1.807) is 6.92 Å². The fourth-order valence-electron chi connectivity index (χ4n) is 0.118. The molecule has 2 nitrogen and oxygen atoms in total. The van der Waals surface area contributed by atoms with Gasteiger partial charge in [-0.05, 0) is 6.42 Å². The Morgan fingerprint density at radius 2 is 2.29 bits per heavy atom. The van der Waals surface area contributed by atoms with Crippen molar-refractivity contribution in [2.24, 2.45) is 5.73 Å². The second-order valence-electron chi connectivity index (χ2n) is 0.987. The summed E-state index contributed by atoms with van der Waals surface area (Å²) in [6, 6.07) is 0. The van der Waals surface area contributed by atoms with Crippen LogP contribution in [-0.2, 0) is 24.3 Å². The van der Waals surface area contributed by atoms with Crippen molar-refractivity contribution in [3.05, 3.63) is 6.54 Å². The van der Waals surface area contributed by atoms with Crippen LogP contribution in [0.4, 0.5) is 0 Å². The minimum absolute atomic E-state index is 0. The van der Waals surface area contributed by atoms with E-state index in [0.29, 0.717) is 6.42 Å². The molecular weight excluding hydrogens is 181 g/mol. The van der Waals surface area contributed by atoms with Crippen LogP contribution in [-0.4, -0.2) is 5.78 Å². The summed E-state index contributed by atoms with van der Waals surface area (Å²) in [7, 11) is 0. The zero-order valence-electron chi connectivity index (χ0n) is 4.10. The number of nitrogens with two attached hydrogens (primary N) is 1. The van der Waals surface area contributed by atoms with Crippen LogP contribution in [0.5, 0.6) is 0 Å². The zero-order chi connectivity index (χ0) is 4.99. The van der Waals surface area contributed by atoms with Crippen molar-refractivity contribution in [2.45, 2.75) is 13.3 Å². The fourth-order valence-corrected chi connectivity index (χ4v) is 0.118. The van der Waals surface area contributed by atoms with Crippen molar-refractivity contribution < 1.29 is 24.3 Å². The minimum Gasteiger partial charge on any atom is -0.461 e. The van der Waals surface area contributed by atoms with E-state index in [1.165, 1.54) is 0 Å². The van der Waals surface area contributed by atoms with Gasteiger partial charge in [-0.2, -0.15) is 0 Å². The first kappa shape index (κ1) is 10.2. The summed E-state index contributed by atoms with van der Waals surface area (Å²) in [5, 5.41) is 0. The van der Waals surface area contributed by atoms with Gasteiger partial charge in [0.15, 0.2) is 0 Å². The molecule has 1 radical (unpaired) electrons. The summed E-state index contributed by atoms with van der Waals surface area (Å²) >= 11 is 0. The average Bonchev–Trinajstić information content (AvgIpc) is 1.65. The third kappa shape index (κ3) is 6.12. The molecule has 0 aliphatic heterocycles. The van der Waals surface area contributed by atoms with Gasteiger partial charge in [0.1, 0.15) is 0 Å². The van der Waals surface area contributed by atoms with Gasteiger partial charge in [0.25, 0.3) is 0 Å². The van der Waals surface area contributed by atoms with E-state index in [9.17, 15) is 4.79 Å². The number of rotatable bonds is 2. The van der Waals surface area contributed by atoms with Crippen LogP contribution in [0.15, 0.2) is 0 Å². The topological polar surface area (TPSA) is 43.1 Å². The van der Waals surface area contributed by atoms with Crippen molar-refractivity contribution in [3.63, 3.8) is 0 Å². The predicted molar refractivity (Wildman–Crippen MR) is 23.8 cm³/mol. The Balaban J connectivity index is 0. The van der Waals surface area contributed by atoms with Crippen molar-refractivity contribution in [1.29, 1.82) is 0 Å². The molecule has 0 heterocycles. The predicted octanol–water partition coefficient (Wildman–Crippen LogP) is 0.0835. The first-order chi connectivity index (χ1) is 2.81. The first-order valence-electron chi connectivity index (χ1n) is 1.89. The van der Waals surface area contributed by atoms with Gasteiger partial charge in [0, 0.05) is 25.3 Å². The van der Waals surface area contributed by atoms with E-state index in [4.69, 9.17) is 5.73 Å². The molecule has 0 amide bonds. The SMILES string of the molecule is CCC(=O)[CH-]N.[Rh]. The van der Waals surface area contributed by atoms with Gasteiger partial charge in [-0.3, -0.25) is 6.54 Å². The molecule has 3 heteroatoms. The van der Waals surface area contributed by atoms with Crippen LogP contribution < -0.4 is 5.73 Å². The molecule has 0 aromatic rings. The van der Waals surface area contributed by atoms with E-state index >= 15 is 0 Å². The minimum atomic E-state index is -0.00463. The standard InChI is InChI=1S/C4H8NO.Rh/c1-2-4(6)3-5;/h3H,2,5H2,1H3;/q-1;. The van der Waals surface area contributed by atoms with Crippen molar-refractivity contribution in [3.8, 4) is 0 Å². The van der Waals surface area contributed by atoms with Gasteiger partial charge in [0.2, 0.25) is 0 Å². The summed E-state index contributed by atoms with van der Waals surface area (Å²) in [5.41, 5.74) is 4.81. The van der Waals surface area contributed by atoms with E-state index in [2.05, 4.69) is 0 Å². The maximum Gasteiger partial charge on any atom is 0.0110 e. The van der Waals surface area contributed by atoms with Crippen LogP contribution in [0.2, 0.25) is 0 Å². The van der Waals surface area contributed by atoms with Gasteiger partial charge < -0.3 is 10.5 Å². The Labute approximate surface area is 56.2 Å². The first-order valence-corrected chi connectivity index (χ1v) is 1.89. The second kappa shape index (κ2) is 6.12. The molecule has 0 bridgehead atoms. The van der Waals surface area contributed by atoms with Gasteiger partial charge in [0.05, 0.1) is 0 Å². The van der Waals surface area contributed by atoms with E-state index in [0.717, 1.165) is 6.54 Å². The van der Waals surface area contributed by atoms with E-state index in [1.807, 2.05) is 0 Å². The van der Waals surface area contributed by atoms with Gasteiger partial charge in [-0.25, -0.2) is 0 Å². The van der Waals surface area contributed by atoms with Crippen LogP contribution in [0.3, 0.4) is 0 Å². The Kier molecular flexibility index (Phi) is 8.90. The molecule has 0 aliphatic carbocycles. The molecular formula is C4H8NORh-. The summed E-state index contributed by atoms with van der Waals surface area (Å²) < 4.78 is 0. The molecule has 0 unspecified atom stereocenters. The molecule has 0 atom stereocenters. The molecule has 0 aromatic heterocycles. The Morgan fingerprint density at radius 1 is 1.86 bits per heavy atom. The molecule has 45 valence electrons. The van der Waals surface area contributed by atoms with Crippen molar-refractivity contribution >= 4 is 5.78 Å². The molecule has 0 fully saturated rings. The molecule has 0 aliphatic rings. The molecule has 0 saturated carbocycles. The third-order valence-corrected chi connectivity index (χ3v) is 0.534. The maximum atomic E-state index is 10.0. The third-order valence-electron chi connectivity index (χ3n) is 0.534. The molecule has 0 rings (SSSR count). The van der Waals surface area contributed by atoms with Crippen molar-refractivity contribution in [2.75, 3.05) is 0 Å². The fraction of sp³-hybridized carbons (Fsp3) is 0.500. The summed E-state index contributed by atoms with van der Waals surface area (Å²) in [6.45, 7) is 2.85. The van der Waals surface area contributed by atoms with E-state index < -0.39 is 0 Å². The Morgan fingerprint density at radius 3 is 2.29 bits per heavy atom. The van der Waals surface area contributed by atoms with Gasteiger partial charge in [-0.15, -0.1) is 0 Å². The molecule has 2 N–H and O–H groups in total. The molecule has 7 heavy (non-hydrogen) atoms. The van der Waals surface area contributed by atoms with Crippen molar-refractivity contribution in [1.82, 2.24) is 0 Å². The normalized spacial score (nSPS) is 6.57. The van der Waals surface area contributed by atoms with Gasteiger partial charge >= 0.3 is 0 Å². The molecule has 0 spiro atoms. The maximum absolute atomic E-state index is 10.0. The summed E-state index contributed by atoms with van der Waals surface area (Å²) in [6.07, 6.45) is 0.510. The number of hydrogen-bond donors (Lipinski definition) is 1. The average molecular weight is 189 g/mol. The van der Waals surface area contributed by atoms with Crippen LogP contribution >= 0.6 is 0 Å².